The zero-order chi connectivity index (χ0) is 15.6. The molecule has 0 amide bonds. The molecule has 0 aromatic heterocycles. The Morgan fingerprint density at radius 2 is 1.77 bits per heavy atom. The third-order valence-corrected chi connectivity index (χ3v) is 3.97. The largest absolute Gasteiger partial charge is 0.497 e. The lowest BCUT2D eigenvalue weighted by atomic mass is 9.92. The molecule has 1 saturated heterocycles. The first-order valence-electron chi connectivity index (χ1n) is 7.28. The van der Waals surface area contributed by atoms with Crippen LogP contribution in [0.5, 0.6) is 11.5 Å². The second-order valence-electron chi connectivity index (χ2n) is 5.20. The van der Waals surface area contributed by atoms with Crippen LogP contribution in [-0.4, -0.2) is 19.2 Å². The van der Waals surface area contributed by atoms with E-state index in [0.29, 0.717) is 12.2 Å². The molecule has 2 atom stereocenters. The van der Waals surface area contributed by atoms with Crippen LogP contribution < -0.4 is 9.47 Å². The van der Waals surface area contributed by atoms with Gasteiger partial charge in [0.05, 0.1) is 7.11 Å². The van der Waals surface area contributed by atoms with Crippen molar-refractivity contribution in [2.75, 3.05) is 7.11 Å². The number of methoxy groups -OCH3 is 1. The van der Waals surface area contributed by atoms with Crippen molar-refractivity contribution < 1.29 is 19.0 Å². The monoisotopic (exact) mass is 298 g/mol. The summed E-state index contributed by atoms with van der Waals surface area (Å²) in [4.78, 5) is 12.3. The Hall–Kier alpha value is -2.33. The van der Waals surface area contributed by atoms with Crippen LogP contribution in [-0.2, 0) is 15.1 Å². The molecule has 3 rings (SSSR count). The van der Waals surface area contributed by atoms with Crippen LogP contribution in [0.25, 0.3) is 0 Å². The molecule has 1 aliphatic heterocycles. The Morgan fingerprint density at radius 3 is 2.36 bits per heavy atom. The molecular formula is C18H18O4. The third-order valence-electron chi connectivity index (χ3n) is 3.97. The summed E-state index contributed by atoms with van der Waals surface area (Å²) in [6.07, 6.45) is 0.138. The number of rotatable bonds is 5. The fourth-order valence-electron chi connectivity index (χ4n) is 2.64. The van der Waals surface area contributed by atoms with Crippen molar-refractivity contribution in [1.29, 1.82) is 0 Å². The molecule has 2 unspecified atom stereocenters. The highest BCUT2D eigenvalue weighted by atomic mass is 16.7. The lowest BCUT2D eigenvalue weighted by molar-refractivity contribution is -0.135. The Morgan fingerprint density at radius 1 is 1.09 bits per heavy atom. The SMILES string of the molecule is CCC1(c2ccc(OC)cc2)OC1C(=O)Oc1ccccc1. The van der Waals surface area contributed by atoms with Gasteiger partial charge in [0.1, 0.15) is 17.1 Å². The predicted octanol–water partition coefficient (Wildman–Crippen LogP) is 3.30. The van der Waals surface area contributed by atoms with Gasteiger partial charge in [-0.2, -0.15) is 0 Å². The number of ether oxygens (including phenoxy) is 3. The topological polar surface area (TPSA) is 48.1 Å². The van der Waals surface area contributed by atoms with E-state index in [4.69, 9.17) is 14.2 Å². The summed E-state index contributed by atoms with van der Waals surface area (Å²) in [6.45, 7) is 2.00. The van der Waals surface area contributed by atoms with Crippen LogP contribution in [0.3, 0.4) is 0 Å². The molecule has 0 saturated carbocycles. The van der Waals surface area contributed by atoms with E-state index in [1.807, 2.05) is 49.4 Å². The number of hydrogen-bond acceptors (Lipinski definition) is 4. The first-order chi connectivity index (χ1) is 10.7. The highest BCUT2D eigenvalue weighted by Gasteiger charge is 2.61. The number of carbonyl (C=O) groups is 1. The molecule has 0 bridgehead atoms. The number of carbonyl (C=O) groups excluding carboxylic acids is 1. The van der Waals surface area contributed by atoms with Crippen LogP contribution in [0, 0.1) is 0 Å². The first kappa shape index (κ1) is 14.6. The zero-order valence-electron chi connectivity index (χ0n) is 12.6. The Bertz CT molecular complexity index is 651. The van der Waals surface area contributed by atoms with Crippen molar-refractivity contribution in [3.8, 4) is 11.5 Å². The second kappa shape index (κ2) is 5.81. The molecule has 4 nitrogen and oxygen atoms in total. The standard InChI is InChI=1S/C18H18O4/c1-3-18(13-9-11-14(20-2)12-10-13)16(22-18)17(19)21-15-7-5-4-6-8-15/h4-12,16H,3H2,1-2H3. The third kappa shape index (κ3) is 2.57. The summed E-state index contributed by atoms with van der Waals surface area (Å²) in [5.41, 5.74) is 0.379. The molecule has 0 aliphatic carbocycles. The van der Waals surface area contributed by atoms with Crippen molar-refractivity contribution in [2.45, 2.75) is 25.0 Å². The van der Waals surface area contributed by atoms with Gasteiger partial charge in [0.15, 0.2) is 6.10 Å². The molecule has 2 aromatic rings. The Balaban J connectivity index is 1.74. The van der Waals surface area contributed by atoms with E-state index >= 15 is 0 Å². The molecule has 0 radical (unpaired) electrons. The van der Waals surface area contributed by atoms with Crippen LogP contribution in [0.15, 0.2) is 54.6 Å². The fourth-order valence-corrected chi connectivity index (χ4v) is 2.64. The molecule has 1 aliphatic rings. The van der Waals surface area contributed by atoms with Gasteiger partial charge in [-0.15, -0.1) is 0 Å². The number of hydrogen-bond donors (Lipinski definition) is 0. The van der Waals surface area contributed by atoms with Crippen molar-refractivity contribution in [3.05, 3.63) is 60.2 Å². The molecule has 4 heteroatoms. The van der Waals surface area contributed by atoms with Crippen molar-refractivity contribution in [2.24, 2.45) is 0 Å². The maximum Gasteiger partial charge on any atom is 0.344 e. The normalized spacial score (nSPS) is 22.9. The summed E-state index contributed by atoms with van der Waals surface area (Å²) in [7, 11) is 1.62. The minimum atomic E-state index is -0.585. The van der Waals surface area contributed by atoms with Gasteiger partial charge in [-0.05, 0) is 36.2 Å². The summed E-state index contributed by atoms with van der Waals surface area (Å²) in [5, 5.41) is 0. The van der Waals surface area contributed by atoms with Crippen LogP contribution >= 0.6 is 0 Å². The van der Waals surface area contributed by atoms with Gasteiger partial charge in [-0.1, -0.05) is 37.3 Å². The lowest BCUT2D eigenvalue weighted by Crippen LogP contribution is -2.22. The van der Waals surface area contributed by atoms with E-state index in [2.05, 4.69) is 0 Å². The van der Waals surface area contributed by atoms with E-state index in [-0.39, 0.29) is 5.97 Å². The lowest BCUT2D eigenvalue weighted by Gasteiger charge is -2.11. The highest BCUT2D eigenvalue weighted by molar-refractivity contribution is 5.82. The maximum absolute atomic E-state index is 12.3. The van der Waals surface area contributed by atoms with Crippen molar-refractivity contribution in [3.63, 3.8) is 0 Å². The van der Waals surface area contributed by atoms with Gasteiger partial charge in [0.2, 0.25) is 0 Å². The average Bonchev–Trinajstić information content (AvgIpc) is 3.32. The first-order valence-corrected chi connectivity index (χ1v) is 7.28. The number of epoxide rings is 1. The van der Waals surface area contributed by atoms with Crippen molar-refractivity contribution in [1.82, 2.24) is 0 Å². The van der Waals surface area contributed by atoms with E-state index in [1.54, 1.807) is 19.2 Å². The Labute approximate surface area is 129 Å². The molecule has 22 heavy (non-hydrogen) atoms. The van der Waals surface area contributed by atoms with Crippen LogP contribution in [0.1, 0.15) is 18.9 Å². The summed E-state index contributed by atoms with van der Waals surface area (Å²) >= 11 is 0. The quantitative estimate of drug-likeness (QED) is 0.483. The van der Waals surface area contributed by atoms with Gasteiger partial charge < -0.3 is 14.2 Å². The number of para-hydroxylation sites is 1. The fraction of sp³-hybridized carbons (Fsp3) is 0.278. The van der Waals surface area contributed by atoms with E-state index in [9.17, 15) is 4.79 Å². The van der Waals surface area contributed by atoms with Crippen molar-refractivity contribution >= 4 is 5.97 Å². The average molecular weight is 298 g/mol. The number of benzene rings is 2. The highest BCUT2D eigenvalue weighted by Crippen LogP contribution is 2.49. The predicted molar refractivity (Wildman–Crippen MR) is 81.9 cm³/mol. The van der Waals surface area contributed by atoms with Crippen LogP contribution in [0.4, 0.5) is 0 Å². The summed E-state index contributed by atoms with van der Waals surface area (Å²) < 4.78 is 16.3. The minimum Gasteiger partial charge on any atom is -0.497 e. The molecule has 114 valence electrons. The molecule has 0 N–H and O–H groups in total. The van der Waals surface area contributed by atoms with Gasteiger partial charge in [-0.3, -0.25) is 0 Å². The molecule has 1 fully saturated rings. The van der Waals surface area contributed by atoms with Crippen LogP contribution in [0.2, 0.25) is 0 Å². The second-order valence-corrected chi connectivity index (χ2v) is 5.20. The van der Waals surface area contributed by atoms with Gasteiger partial charge in [0, 0.05) is 0 Å². The minimum absolute atomic E-state index is 0.358. The maximum atomic E-state index is 12.3. The van der Waals surface area contributed by atoms with Gasteiger partial charge in [0.25, 0.3) is 0 Å². The smallest absolute Gasteiger partial charge is 0.344 e. The van der Waals surface area contributed by atoms with Gasteiger partial charge >= 0.3 is 5.97 Å². The molecule has 2 aromatic carbocycles. The summed E-state index contributed by atoms with van der Waals surface area (Å²) in [5.74, 6) is 0.950. The van der Waals surface area contributed by atoms with Gasteiger partial charge in [-0.25, -0.2) is 4.79 Å². The van der Waals surface area contributed by atoms with E-state index in [0.717, 1.165) is 11.3 Å². The molecular weight excluding hydrogens is 280 g/mol. The van der Waals surface area contributed by atoms with E-state index < -0.39 is 11.7 Å². The summed E-state index contributed by atoms with van der Waals surface area (Å²) in [6, 6.07) is 16.6. The molecule has 0 spiro atoms. The van der Waals surface area contributed by atoms with E-state index in [1.165, 1.54) is 0 Å². The number of esters is 1. The Kier molecular flexibility index (Phi) is 3.86. The zero-order valence-corrected chi connectivity index (χ0v) is 12.6. The molecule has 1 heterocycles.